The van der Waals surface area contributed by atoms with E-state index in [0.717, 1.165) is 6.07 Å². The molecule has 0 aromatic heterocycles. The number of carbonyl (C=O) groups is 1. The minimum Gasteiger partial charge on any atom is -0.381 e. The first kappa shape index (κ1) is 23.5. The molecule has 1 amide bonds. The highest BCUT2D eigenvalue weighted by Gasteiger charge is 2.27. The van der Waals surface area contributed by atoms with Crippen molar-refractivity contribution >= 4 is 39.7 Å². The normalized spacial score (nSPS) is 16.3. The van der Waals surface area contributed by atoms with Crippen LogP contribution in [-0.4, -0.2) is 39.3 Å². The van der Waals surface area contributed by atoms with Crippen LogP contribution in [0.4, 0.5) is 20.2 Å². The van der Waals surface area contributed by atoms with E-state index in [0.29, 0.717) is 38.5 Å². The molecule has 1 aliphatic heterocycles. The summed E-state index contributed by atoms with van der Waals surface area (Å²) in [6.45, 7) is 2.66. The molecule has 1 unspecified atom stereocenters. The molecule has 1 saturated heterocycles. The molecular weight excluding hydrogens is 404 g/mol. The number of carbonyl (C=O) groups excluding carboxylic acids is 1. The van der Waals surface area contributed by atoms with E-state index in [-0.39, 0.29) is 29.8 Å². The number of hydrogen-bond acceptors (Lipinski definition) is 5. The summed E-state index contributed by atoms with van der Waals surface area (Å²) >= 11 is 0. The van der Waals surface area contributed by atoms with Gasteiger partial charge in [0.1, 0.15) is 11.6 Å². The van der Waals surface area contributed by atoms with Crippen LogP contribution in [0, 0.1) is 17.6 Å². The number of ether oxygens (including phenoxy) is 1. The van der Waals surface area contributed by atoms with Crippen molar-refractivity contribution < 1.29 is 26.7 Å². The highest BCUT2D eigenvalue weighted by Crippen LogP contribution is 2.25. The van der Waals surface area contributed by atoms with Crippen LogP contribution in [0.2, 0.25) is 0 Å². The van der Waals surface area contributed by atoms with Gasteiger partial charge in [-0.25, -0.2) is 17.2 Å². The fourth-order valence-electron chi connectivity index (χ4n) is 2.72. The van der Waals surface area contributed by atoms with Crippen molar-refractivity contribution in [3.05, 3.63) is 23.8 Å². The first-order chi connectivity index (χ1) is 12.2. The summed E-state index contributed by atoms with van der Waals surface area (Å²) in [5.41, 5.74) is 5.15. The number of halogens is 3. The van der Waals surface area contributed by atoms with Gasteiger partial charge in [-0.05, 0) is 31.2 Å². The lowest BCUT2D eigenvalue weighted by Crippen LogP contribution is -2.44. The minimum atomic E-state index is -3.76. The van der Waals surface area contributed by atoms with Gasteiger partial charge in [-0.3, -0.25) is 9.52 Å². The van der Waals surface area contributed by atoms with Crippen LogP contribution >= 0.6 is 12.4 Å². The van der Waals surface area contributed by atoms with E-state index >= 15 is 0 Å². The number of sulfonamides is 1. The summed E-state index contributed by atoms with van der Waals surface area (Å²) in [6, 6.07) is 0.551. The van der Waals surface area contributed by atoms with Gasteiger partial charge >= 0.3 is 0 Å². The van der Waals surface area contributed by atoms with Crippen molar-refractivity contribution in [1.29, 1.82) is 0 Å². The fourth-order valence-corrected chi connectivity index (χ4v) is 3.85. The fraction of sp³-hybridized carbons (Fsp3) is 0.562. The van der Waals surface area contributed by atoms with Crippen LogP contribution in [0.25, 0.3) is 0 Å². The van der Waals surface area contributed by atoms with Crippen molar-refractivity contribution in [1.82, 2.24) is 0 Å². The Bertz CT molecular complexity index is 758. The molecule has 1 aromatic rings. The second-order valence-corrected chi connectivity index (χ2v) is 8.04. The van der Waals surface area contributed by atoms with Crippen LogP contribution in [0.15, 0.2) is 12.1 Å². The Morgan fingerprint density at radius 1 is 1.26 bits per heavy atom. The van der Waals surface area contributed by atoms with Crippen molar-refractivity contribution in [3.63, 3.8) is 0 Å². The van der Waals surface area contributed by atoms with Crippen molar-refractivity contribution in [2.24, 2.45) is 11.7 Å². The number of nitrogens with one attached hydrogen (secondary N) is 2. The number of benzene rings is 1. The number of anilines is 2. The molecule has 1 aromatic carbocycles. The van der Waals surface area contributed by atoms with Crippen LogP contribution in [0.3, 0.4) is 0 Å². The minimum absolute atomic E-state index is 0. The Hall–Kier alpha value is -1.49. The summed E-state index contributed by atoms with van der Waals surface area (Å²) in [5.74, 6) is -3.03. The maximum atomic E-state index is 14.0. The van der Waals surface area contributed by atoms with Gasteiger partial charge in [0.25, 0.3) is 0 Å². The second kappa shape index (κ2) is 10.2. The Kier molecular flexibility index (Phi) is 8.86. The predicted octanol–water partition coefficient (Wildman–Crippen LogP) is 2.23. The molecular formula is C16H24ClF2N3O4S. The van der Waals surface area contributed by atoms with E-state index < -0.39 is 39.3 Å². The zero-order chi connectivity index (χ0) is 19.3. The van der Waals surface area contributed by atoms with Gasteiger partial charge in [0.05, 0.1) is 23.2 Å². The Morgan fingerprint density at radius 2 is 1.85 bits per heavy atom. The number of amides is 1. The summed E-state index contributed by atoms with van der Waals surface area (Å²) in [5, 5.41) is 2.31. The van der Waals surface area contributed by atoms with Gasteiger partial charge in [0.2, 0.25) is 15.9 Å². The lowest BCUT2D eigenvalue weighted by atomic mass is 9.92. The van der Waals surface area contributed by atoms with Crippen LogP contribution < -0.4 is 15.8 Å². The van der Waals surface area contributed by atoms with Gasteiger partial charge in [-0.2, -0.15) is 0 Å². The first-order valence-electron chi connectivity index (χ1n) is 8.37. The zero-order valence-electron chi connectivity index (χ0n) is 14.8. The van der Waals surface area contributed by atoms with E-state index in [1.165, 1.54) is 0 Å². The largest absolute Gasteiger partial charge is 0.381 e. The topological polar surface area (TPSA) is 111 Å². The molecule has 1 heterocycles. The number of rotatable bonds is 7. The molecule has 27 heavy (non-hydrogen) atoms. The van der Waals surface area contributed by atoms with Gasteiger partial charge in [-0.15, -0.1) is 12.4 Å². The highest BCUT2D eigenvalue weighted by molar-refractivity contribution is 7.92. The SMILES string of the molecule is CCCS(=O)(=O)Nc1cc(NC(=O)C(N)C2CCOCC2)c(F)cc1F.Cl. The molecule has 2 rings (SSSR count). The lowest BCUT2D eigenvalue weighted by Gasteiger charge is -2.26. The van der Waals surface area contributed by atoms with Crippen LogP contribution in [0.5, 0.6) is 0 Å². The second-order valence-electron chi connectivity index (χ2n) is 6.20. The van der Waals surface area contributed by atoms with Crippen molar-refractivity contribution in [2.45, 2.75) is 32.2 Å². The molecule has 0 bridgehead atoms. The van der Waals surface area contributed by atoms with E-state index in [9.17, 15) is 22.0 Å². The molecule has 1 aliphatic rings. The van der Waals surface area contributed by atoms with Crippen molar-refractivity contribution in [2.75, 3.05) is 29.0 Å². The smallest absolute Gasteiger partial charge is 0.241 e. The molecule has 1 atom stereocenters. The average molecular weight is 428 g/mol. The Balaban J connectivity index is 0.00000364. The van der Waals surface area contributed by atoms with Crippen LogP contribution in [0.1, 0.15) is 26.2 Å². The predicted molar refractivity (Wildman–Crippen MR) is 101 cm³/mol. The lowest BCUT2D eigenvalue weighted by molar-refractivity contribution is -0.119. The molecule has 0 spiro atoms. The average Bonchev–Trinajstić information content (AvgIpc) is 2.58. The summed E-state index contributed by atoms with van der Waals surface area (Å²) in [4.78, 5) is 12.3. The quantitative estimate of drug-likeness (QED) is 0.618. The Labute approximate surface area is 163 Å². The standard InChI is InChI=1S/C16H23F2N3O4S.ClH/c1-2-7-26(23,24)21-14-9-13(11(17)8-12(14)18)20-16(22)15(19)10-3-5-25-6-4-10;/h8-10,15,21H,2-7,19H2,1H3,(H,20,22);1H. The molecule has 7 nitrogen and oxygen atoms in total. The third kappa shape index (κ3) is 6.56. The van der Waals surface area contributed by atoms with Gasteiger partial charge < -0.3 is 15.8 Å². The molecule has 1 fully saturated rings. The van der Waals surface area contributed by atoms with E-state index in [4.69, 9.17) is 10.5 Å². The van der Waals surface area contributed by atoms with E-state index in [1.54, 1.807) is 6.92 Å². The van der Waals surface area contributed by atoms with Crippen molar-refractivity contribution in [3.8, 4) is 0 Å². The summed E-state index contributed by atoms with van der Waals surface area (Å²) in [7, 11) is -3.76. The van der Waals surface area contributed by atoms with Gasteiger partial charge in [0.15, 0.2) is 0 Å². The molecule has 0 saturated carbocycles. The third-order valence-corrected chi connectivity index (χ3v) is 5.61. The molecule has 0 aliphatic carbocycles. The highest BCUT2D eigenvalue weighted by atomic mass is 35.5. The van der Waals surface area contributed by atoms with Gasteiger partial charge in [-0.1, -0.05) is 6.92 Å². The third-order valence-electron chi connectivity index (χ3n) is 4.13. The first-order valence-corrected chi connectivity index (χ1v) is 10.0. The Morgan fingerprint density at radius 3 is 2.44 bits per heavy atom. The van der Waals surface area contributed by atoms with E-state index in [1.807, 2.05) is 0 Å². The van der Waals surface area contributed by atoms with Gasteiger partial charge in [0, 0.05) is 19.3 Å². The summed E-state index contributed by atoms with van der Waals surface area (Å²) < 4.78 is 58.7. The molecule has 0 radical (unpaired) electrons. The molecule has 154 valence electrons. The number of hydrogen-bond donors (Lipinski definition) is 3. The monoisotopic (exact) mass is 427 g/mol. The summed E-state index contributed by atoms with van der Waals surface area (Å²) in [6.07, 6.45) is 1.56. The van der Waals surface area contributed by atoms with E-state index in [2.05, 4.69) is 10.0 Å². The maximum absolute atomic E-state index is 14.0. The molecule has 11 heteroatoms. The maximum Gasteiger partial charge on any atom is 0.241 e. The zero-order valence-corrected chi connectivity index (χ0v) is 16.5. The molecule has 4 N–H and O–H groups in total. The van der Waals surface area contributed by atoms with Crippen LogP contribution in [-0.2, 0) is 19.6 Å². The number of nitrogens with two attached hydrogens (primary N) is 1.